The number of carbonyl (C=O) groups excluding carboxylic acids is 1. The van der Waals surface area contributed by atoms with E-state index in [1.807, 2.05) is 6.08 Å². The maximum absolute atomic E-state index is 13.1. The Bertz CT molecular complexity index is 1130. The second-order valence-electron chi connectivity index (χ2n) is 17.2. The molecule has 2 rings (SSSR count). The highest BCUT2D eigenvalue weighted by Crippen LogP contribution is 2.30. The van der Waals surface area contributed by atoms with Gasteiger partial charge in [0.15, 0.2) is 12.6 Å². The Morgan fingerprint density at radius 2 is 1.05 bits per heavy atom. The standard InChI is InChI=1S/C47H87NO13/c1-3-5-7-9-11-13-14-15-16-17-18-19-20-21-23-24-26-28-30-36(51)35(48-39(52)31-29-27-25-22-12-10-8-6-4-2)34-58-46-44(57)42(55)45(38(33-50)60-46)61-47-43(56)41(54)40(53)37(32-49)59-47/h21,23,28,30,35-38,40-47,49-51,53-57H,3-20,22,24-27,29,31-34H2,1-2H3,(H,48,52)/b23-21+,30-28+. The molecule has 2 saturated heterocycles. The molecule has 0 radical (unpaired) electrons. The van der Waals surface area contributed by atoms with Crippen LogP contribution in [0.25, 0.3) is 0 Å². The first-order chi connectivity index (χ1) is 29.6. The minimum absolute atomic E-state index is 0.254. The molecule has 0 aromatic carbocycles. The van der Waals surface area contributed by atoms with Crippen LogP contribution in [-0.2, 0) is 23.7 Å². The van der Waals surface area contributed by atoms with E-state index in [0.717, 1.165) is 32.1 Å². The number of aliphatic hydroxyl groups excluding tert-OH is 8. The van der Waals surface area contributed by atoms with Gasteiger partial charge >= 0.3 is 0 Å². The van der Waals surface area contributed by atoms with Gasteiger partial charge in [0.2, 0.25) is 5.91 Å². The second-order valence-corrected chi connectivity index (χ2v) is 17.2. The van der Waals surface area contributed by atoms with Crippen molar-refractivity contribution in [3.8, 4) is 0 Å². The fourth-order valence-corrected chi connectivity index (χ4v) is 7.89. The first kappa shape index (κ1) is 55.6. The van der Waals surface area contributed by atoms with E-state index in [1.54, 1.807) is 6.08 Å². The van der Waals surface area contributed by atoms with Crippen LogP contribution >= 0.6 is 0 Å². The van der Waals surface area contributed by atoms with E-state index in [1.165, 1.54) is 109 Å². The van der Waals surface area contributed by atoms with Gasteiger partial charge in [-0.15, -0.1) is 0 Å². The number of hydrogen-bond acceptors (Lipinski definition) is 13. The zero-order chi connectivity index (χ0) is 44.7. The van der Waals surface area contributed by atoms with Crippen molar-refractivity contribution in [2.75, 3.05) is 19.8 Å². The molecule has 2 aliphatic heterocycles. The van der Waals surface area contributed by atoms with Crippen LogP contribution in [-0.4, -0.2) is 140 Å². The first-order valence-corrected chi connectivity index (χ1v) is 24.1. The molecule has 0 aromatic heterocycles. The zero-order valence-corrected chi connectivity index (χ0v) is 37.7. The van der Waals surface area contributed by atoms with Gasteiger partial charge in [0, 0.05) is 6.42 Å². The normalized spacial score (nSPS) is 28.2. The highest BCUT2D eigenvalue weighted by molar-refractivity contribution is 5.76. The predicted octanol–water partition coefficient (Wildman–Crippen LogP) is 5.38. The number of allylic oxidation sites excluding steroid dienone is 3. The maximum atomic E-state index is 13.1. The Hall–Kier alpha value is -1.53. The summed E-state index contributed by atoms with van der Waals surface area (Å²) < 4.78 is 22.6. The minimum atomic E-state index is -1.79. The number of hydrogen-bond donors (Lipinski definition) is 9. The summed E-state index contributed by atoms with van der Waals surface area (Å²) in [5.41, 5.74) is 0. The number of amides is 1. The van der Waals surface area contributed by atoms with Crippen molar-refractivity contribution in [2.45, 2.75) is 248 Å². The fourth-order valence-electron chi connectivity index (χ4n) is 7.89. The van der Waals surface area contributed by atoms with E-state index in [9.17, 15) is 45.6 Å². The Labute approximate surface area is 367 Å². The molecule has 9 N–H and O–H groups in total. The van der Waals surface area contributed by atoms with Gasteiger partial charge in [-0.2, -0.15) is 0 Å². The third-order valence-electron chi connectivity index (χ3n) is 11.9. The maximum Gasteiger partial charge on any atom is 0.220 e. The highest BCUT2D eigenvalue weighted by Gasteiger charge is 2.51. The van der Waals surface area contributed by atoms with Crippen molar-refractivity contribution in [3.05, 3.63) is 24.3 Å². The van der Waals surface area contributed by atoms with E-state index in [-0.39, 0.29) is 18.9 Å². The first-order valence-electron chi connectivity index (χ1n) is 24.1. The van der Waals surface area contributed by atoms with Crippen LogP contribution in [0.2, 0.25) is 0 Å². The van der Waals surface area contributed by atoms with Gasteiger partial charge < -0.3 is 65.1 Å². The Morgan fingerprint density at radius 1 is 0.574 bits per heavy atom. The van der Waals surface area contributed by atoms with Crippen molar-refractivity contribution in [1.29, 1.82) is 0 Å². The van der Waals surface area contributed by atoms with Crippen molar-refractivity contribution in [1.82, 2.24) is 5.32 Å². The van der Waals surface area contributed by atoms with Gasteiger partial charge in [-0.3, -0.25) is 4.79 Å². The lowest BCUT2D eigenvalue weighted by atomic mass is 9.97. The zero-order valence-electron chi connectivity index (χ0n) is 37.7. The molecular formula is C47H87NO13. The second kappa shape index (κ2) is 34.8. The lowest BCUT2D eigenvalue weighted by Gasteiger charge is -2.46. The average molecular weight is 874 g/mol. The molecule has 12 atom stereocenters. The number of aliphatic hydroxyl groups is 8. The molecule has 0 saturated carbocycles. The lowest BCUT2D eigenvalue weighted by Crippen LogP contribution is -2.65. The van der Waals surface area contributed by atoms with Crippen LogP contribution in [0.5, 0.6) is 0 Å². The lowest BCUT2D eigenvalue weighted by molar-refractivity contribution is -0.359. The van der Waals surface area contributed by atoms with E-state index in [4.69, 9.17) is 18.9 Å². The number of unbranched alkanes of at least 4 members (excludes halogenated alkanes) is 21. The predicted molar refractivity (Wildman–Crippen MR) is 235 cm³/mol. The monoisotopic (exact) mass is 874 g/mol. The summed E-state index contributed by atoms with van der Waals surface area (Å²) in [5, 5.41) is 86.4. The number of carbonyl (C=O) groups is 1. The van der Waals surface area contributed by atoms with E-state index >= 15 is 0 Å². The minimum Gasteiger partial charge on any atom is -0.394 e. The molecule has 14 nitrogen and oxygen atoms in total. The van der Waals surface area contributed by atoms with Crippen molar-refractivity contribution >= 4 is 5.91 Å². The van der Waals surface area contributed by atoms with Gasteiger partial charge in [0.25, 0.3) is 0 Å². The van der Waals surface area contributed by atoms with E-state index in [0.29, 0.717) is 12.8 Å². The molecule has 2 heterocycles. The van der Waals surface area contributed by atoms with Crippen molar-refractivity contribution < 1.29 is 64.6 Å². The summed E-state index contributed by atoms with van der Waals surface area (Å²) in [4.78, 5) is 13.1. The molecular weight excluding hydrogens is 787 g/mol. The molecule has 14 heteroatoms. The van der Waals surface area contributed by atoms with Crippen LogP contribution in [0, 0.1) is 0 Å². The molecule has 0 aromatic rings. The van der Waals surface area contributed by atoms with Crippen LogP contribution in [0.4, 0.5) is 0 Å². The summed E-state index contributed by atoms with van der Waals surface area (Å²) in [6.07, 6.45) is 19.5. The van der Waals surface area contributed by atoms with Crippen LogP contribution in [0.3, 0.4) is 0 Å². The van der Waals surface area contributed by atoms with Gasteiger partial charge in [-0.1, -0.05) is 160 Å². The highest BCUT2D eigenvalue weighted by atomic mass is 16.7. The van der Waals surface area contributed by atoms with Crippen LogP contribution in [0.1, 0.15) is 174 Å². The molecule has 2 fully saturated rings. The van der Waals surface area contributed by atoms with Crippen LogP contribution in [0.15, 0.2) is 24.3 Å². The largest absolute Gasteiger partial charge is 0.394 e. The summed E-state index contributed by atoms with van der Waals surface area (Å²) >= 11 is 0. The summed E-state index contributed by atoms with van der Waals surface area (Å²) in [7, 11) is 0. The summed E-state index contributed by atoms with van der Waals surface area (Å²) in [6, 6.07) is -0.924. The van der Waals surface area contributed by atoms with Crippen molar-refractivity contribution in [3.63, 3.8) is 0 Å². The topological polar surface area (TPSA) is 228 Å². The molecule has 0 spiro atoms. The smallest absolute Gasteiger partial charge is 0.220 e. The van der Waals surface area contributed by atoms with Gasteiger partial charge in [-0.25, -0.2) is 0 Å². The average Bonchev–Trinajstić information content (AvgIpc) is 3.26. The Balaban J connectivity index is 1.87. The van der Waals surface area contributed by atoms with Gasteiger partial charge in [-0.05, 0) is 32.1 Å². The molecule has 358 valence electrons. The summed E-state index contributed by atoms with van der Waals surface area (Å²) in [6.45, 7) is 2.73. The SMILES string of the molecule is CCCCCCCCCCCCCC/C=C/CC/C=C/C(O)C(COC1OC(CO)C(OC2OC(CO)C(O)C(O)C2O)C(O)C1O)NC(=O)CCCCCCCCCCC. The molecule has 0 bridgehead atoms. The van der Waals surface area contributed by atoms with E-state index in [2.05, 4.69) is 31.3 Å². The molecule has 2 aliphatic rings. The third-order valence-corrected chi connectivity index (χ3v) is 11.9. The number of ether oxygens (including phenoxy) is 4. The molecule has 12 unspecified atom stereocenters. The molecule has 61 heavy (non-hydrogen) atoms. The van der Waals surface area contributed by atoms with E-state index < -0.39 is 86.8 Å². The number of rotatable bonds is 36. The van der Waals surface area contributed by atoms with Crippen molar-refractivity contribution in [2.24, 2.45) is 0 Å². The van der Waals surface area contributed by atoms with Gasteiger partial charge in [0.1, 0.15) is 48.8 Å². The molecule has 0 aliphatic carbocycles. The Morgan fingerprint density at radius 3 is 1.61 bits per heavy atom. The quantitative estimate of drug-likeness (QED) is 0.0285. The number of nitrogens with one attached hydrogen (secondary N) is 1. The van der Waals surface area contributed by atoms with Crippen LogP contribution < -0.4 is 5.32 Å². The molecule has 1 amide bonds. The van der Waals surface area contributed by atoms with Gasteiger partial charge in [0.05, 0.1) is 32.0 Å². The summed E-state index contributed by atoms with van der Waals surface area (Å²) in [5.74, 6) is -0.254. The Kier molecular flexibility index (Phi) is 31.7. The fraction of sp³-hybridized carbons (Fsp3) is 0.894. The third kappa shape index (κ3) is 22.8.